The number of carbonyl (C=O) groups is 1. The van der Waals surface area contributed by atoms with Crippen molar-refractivity contribution in [2.45, 2.75) is 12.8 Å². The third kappa shape index (κ3) is 5.26. The van der Waals surface area contributed by atoms with Gasteiger partial charge in [0.2, 0.25) is 0 Å². The number of nitrogen functional groups attached to an aromatic ring is 1. The number of nitrogens with two attached hydrogens (primary N) is 1. The third-order valence-corrected chi connectivity index (χ3v) is 5.84. The third-order valence-electron chi connectivity index (χ3n) is 5.84. The lowest BCUT2D eigenvalue weighted by Gasteiger charge is -2.30. The van der Waals surface area contributed by atoms with Crippen molar-refractivity contribution in [3.8, 4) is 11.8 Å². The number of nitrogens with zero attached hydrogens (tertiary/aromatic N) is 5. The first-order valence-electron chi connectivity index (χ1n) is 11.3. The zero-order chi connectivity index (χ0) is 25.7. The van der Waals surface area contributed by atoms with Crippen LogP contribution in [0.25, 0.3) is 5.69 Å². The van der Waals surface area contributed by atoms with Crippen molar-refractivity contribution in [3.63, 3.8) is 0 Å². The summed E-state index contributed by atoms with van der Waals surface area (Å²) in [6, 6.07) is 11.9. The van der Waals surface area contributed by atoms with Gasteiger partial charge in [-0.05, 0) is 43.2 Å². The molecule has 1 aliphatic heterocycles. The molecule has 0 saturated carbocycles. The van der Waals surface area contributed by atoms with E-state index in [4.69, 9.17) is 10.5 Å². The molecule has 1 aromatic heterocycles. The molecule has 186 valence electrons. The van der Waals surface area contributed by atoms with Crippen LogP contribution in [0.3, 0.4) is 0 Å². The molecule has 1 aliphatic rings. The molecule has 0 radical (unpaired) electrons. The number of carbonyl (C=O) groups excluding carboxylic acids is 1. The van der Waals surface area contributed by atoms with Crippen molar-refractivity contribution in [2.75, 3.05) is 43.5 Å². The Morgan fingerprint density at radius 3 is 2.64 bits per heavy atom. The molecule has 0 aliphatic carbocycles. The van der Waals surface area contributed by atoms with E-state index in [-0.39, 0.29) is 29.2 Å². The van der Waals surface area contributed by atoms with E-state index in [0.717, 1.165) is 0 Å². The lowest BCUT2D eigenvalue weighted by atomic mass is 10.1. The van der Waals surface area contributed by atoms with Crippen LogP contribution in [0, 0.1) is 27.3 Å². The van der Waals surface area contributed by atoms with Gasteiger partial charge in [0.15, 0.2) is 0 Å². The maximum Gasteiger partial charge on any atom is 0.270 e. The quantitative estimate of drug-likeness (QED) is 0.276. The Morgan fingerprint density at radius 2 is 1.97 bits per heavy atom. The van der Waals surface area contributed by atoms with E-state index < -0.39 is 16.6 Å². The van der Waals surface area contributed by atoms with Crippen molar-refractivity contribution in [2.24, 2.45) is 0 Å². The van der Waals surface area contributed by atoms with E-state index in [2.05, 4.69) is 16.5 Å². The molecule has 2 heterocycles. The molecule has 3 aromatic rings. The fraction of sp³-hybridized carbons (Fsp3) is 0.292. The number of nitro benzene ring substituents is 1. The number of nitrogens with one attached hydrogen (secondary N) is 1. The van der Waals surface area contributed by atoms with Crippen LogP contribution in [0.1, 0.15) is 28.0 Å². The molecule has 12 heteroatoms. The Hall–Kier alpha value is -4.50. The van der Waals surface area contributed by atoms with Gasteiger partial charge in [0.1, 0.15) is 23.3 Å². The molecule has 4 rings (SSSR count). The topological polar surface area (TPSA) is 152 Å². The minimum Gasteiger partial charge on any atom is -0.382 e. The van der Waals surface area contributed by atoms with Gasteiger partial charge in [-0.3, -0.25) is 14.9 Å². The Bertz CT molecular complexity index is 1310. The summed E-state index contributed by atoms with van der Waals surface area (Å²) in [5.74, 6) is -0.687. The van der Waals surface area contributed by atoms with Crippen LogP contribution in [0.5, 0.6) is 0 Å². The van der Waals surface area contributed by atoms with Gasteiger partial charge in [-0.2, -0.15) is 10.4 Å². The summed E-state index contributed by atoms with van der Waals surface area (Å²) in [5.41, 5.74) is 7.94. The molecule has 3 N–H and O–H groups in total. The second kappa shape index (κ2) is 10.8. The highest BCUT2D eigenvalue weighted by Crippen LogP contribution is 2.27. The molecule has 0 atom stereocenters. The van der Waals surface area contributed by atoms with Crippen molar-refractivity contribution in [1.82, 2.24) is 15.1 Å². The summed E-state index contributed by atoms with van der Waals surface area (Å²) >= 11 is 0. The van der Waals surface area contributed by atoms with Gasteiger partial charge in [0.25, 0.3) is 11.6 Å². The number of halogens is 1. The molecule has 1 saturated heterocycles. The van der Waals surface area contributed by atoms with Gasteiger partial charge in [0.05, 0.1) is 40.8 Å². The first kappa shape index (κ1) is 24.6. The van der Waals surface area contributed by atoms with Crippen LogP contribution in [0.15, 0.2) is 42.5 Å². The van der Waals surface area contributed by atoms with E-state index in [1.165, 1.54) is 41.1 Å². The van der Waals surface area contributed by atoms with Gasteiger partial charge in [-0.1, -0.05) is 0 Å². The Morgan fingerprint density at radius 1 is 1.25 bits per heavy atom. The first-order chi connectivity index (χ1) is 17.4. The fourth-order valence-corrected chi connectivity index (χ4v) is 4.01. The molecule has 0 unspecified atom stereocenters. The molecular weight excluding hydrogens is 469 g/mol. The van der Waals surface area contributed by atoms with Gasteiger partial charge < -0.3 is 20.7 Å². The molecule has 0 bridgehead atoms. The van der Waals surface area contributed by atoms with E-state index >= 15 is 0 Å². The number of nitro groups is 1. The number of anilines is 2. The van der Waals surface area contributed by atoms with Crippen LogP contribution in [-0.4, -0.2) is 53.5 Å². The maximum atomic E-state index is 13.3. The molecule has 2 aromatic carbocycles. The largest absolute Gasteiger partial charge is 0.382 e. The summed E-state index contributed by atoms with van der Waals surface area (Å²) in [7, 11) is 0. The molecule has 1 fully saturated rings. The van der Waals surface area contributed by atoms with E-state index in [1.807, 2.05) is 4.90 Å². The molecule has 36 heavy (non-hydrogen) atoms. The summed E-state index contributed by atoms with van der Waals surface area (Å²) in [4.78, 5) is 25.7. The van der Waals surface area contributed by atoms with Crippen LogP contribution < -0.4 is 16.0 Å². The second-order valence-corrected chi connectivity index (χ2v) is 8.12. The lowest BCUT2D eigenvalue weighted by Crippen LogP contribution is -2.38. The number of non-ortho nitro benzene ring substituents is 1. The SMILES string of the molecule is N#Cc1c(CCCNC(=O)c2cc([N+](=O)[O-])ccc2N2CCOCC2)nn(-c2ccc(F)cc2)c1N. The summed E-state index contributed by atoms with van der Waals surface area (Å²) < 4.78 is 20.0. The number of amides is 1. The summed E-state index contributed by atoms with van der Waals surface area (Å²) in [6.07, 6.45) is 0.801. The number of hydrogen-bond acceptors (Lipinski definition) is 8. The molecule has 1 amide bonds. The number of ether oxygens (including phenoxy) is 1. The standard InChI is InChI=1S/C24H24FN7O4/c25-16-3-5-17(6-4-16)31-23(27)20(15-26)21(29-31)2-1-9-28-24(33)19-14-18(32(34)35)7-8-22(19)30-10-12-36-13-11-30/h3-8,14H,1-2,9-13,27H2,(H,28,33). The van der Waals surface area contributed by atoms with Crippen molar-refractivity contribution in [3.05, 3.63) is 75.2 Å². The predicted octanol–water partition coefficient (Wildman–Crippen LogP) is 2.57. The minimum absolute atomic E-state index is 0.148. The van der Waals surface area contributed by atoms with E-state index in [1.54, 1.807) is 6.07 Å². The van der Waals surface area contributed by atoms with Gasteiger partial charge in [0, 0.05) is 31.8 Å². The van der Waals surface area contributed by atoms with Gasteiger partial charge >= 0.3 is 0 Å². The zero-order valence-corrected chi connectivity index (χ0v) is 19.3. The maximum absolute atomic E-state index is 13.3. The number of benzene rings is 2. The van der Waals surface area contributed by atoms with Crippen LogP contribution in [-0.2, 0) is 11.2 Å². The number of nitriles is 1. The highest BCUT2D eigenvalue weighted by molar-refractivity contribution is 6.00. The van der Waals surface area contributed by atoms with Crippen molar-refractivity contribution < 1.29 is 18.8 Å². The fourth-order valence-electron chi connectivity index (χ4n) is 4.01. The molecular formula is C24H24FN7O4. The Balaban J connectivity index is 1.44. The van der Waals surface area contributed by atoms with Gasteiger partial charge in [-0.25, -0.2) is 9.07 Å². The molecule has 11 nitrogen and oxygen atoms in total. The average Bonchev–Trinajstić information content (AvgIpc) is 3.21. The second-order valence-electron chi connectivity index (χ2n) is 8.12. The summed E-state index contributed by atoms with van der Waals surface area (Å²) in [5, 5.41) is 28.0. The molecule has 0 spiro atoms. The number of hydrogen-bond donors (Lipinski definition) is 2. The normalized spacial score (nSPS) is 13.3. The Labute approximate surface area is 206 Å². The average molecular weight is 493 g/mol. The number of rotatable bonds is 8. The number of morpholine rings is 1. The van der Waals surface area contributed by atoms with E-state index in [0.29, 0.717) is 56.2 Å². The predicted molar refractivity (Wildman–Crippen MR) is 129 cm³/mol. The van der Waals surface area contributed by atoms with Crippen molar-refractivity contribution >= 4 is 23.1 Å². The van der Waals surface area contributed by atoms with Crippen LogP contribution >= 0.6 is 0 Å². The van der Waals surface area contributed by atoms with Gasteiger partial charge in [-0.15, -0.1) is 0 Å². The smallest absolute Gasteiger partial charge is 0.270 e. The lowest BCUT2D eigenvalue weighted by molar-refractivity contribution is -0.384. The number of aryl methyl sites for hydroxylation is 1. The monoisotopic (exact) mass is 493 g/mol. The summed E-state index contributed by atoms with van der Waals surface area (Å²) in [6.45, 7) is 2.42. The Kier molecular flexibility index (Phi) is 7.41. The minimum atomic E-state index is -0.537. The highest BCUT2D eigenvalue weighted by atomic mass is 19.1. The van der Waals surface area contributed by atoms with Crippen LogP contribution in [0.4, 0.5) is 21.6 Å². The zero-order valence-electron chi connectivity index (χ0n) is 19.3. The first-order valence-corrected chi connectivity index (χ1v) is 11.3. The van der Waals surface area contributed by atoms with E-state index in [9.17, 15) is 24.6 Å². The highest BCUT2D eigenvalue weighted by Gasteiger charge is 2.22. The van der Waals surface area contributed by atoms with Crippen molar-refractivity contribution in [1.29, 1.82) is 5.26 Å². The van der Waals surface area contributed by atoms with Crippen LogP contribution in [0.2, 0.25) is 0 Å². The number of aromatic nitrogens is 2.